The van der Waals surface area contributed by atoms with Gasteiger partial charge < -0.3 is 4.74 Å². The molecule has 2 aromatic carbocycles. The Morgan fingerprint density at radius 1 is 1.05 bits per heavy atom. The first kappa shape index (κ1) is 14.2. The van der Waals surface area contributed by atoms with Gasteiger partial charge in [-0.15, -0.1) is 11.6 Å². The van der Waals surface area contributed by atoms with Crippen LogP contribution in [0.1, 0.15) is 27.6 Å². The Morgan fingerprint density at radius 2 is 1.68 bits per heavy atom. The van der Waals surface area contributed by atoms with Gasteiger partial charge in [-0.2, -0.15) is 0 Å². The van der Waals surface area contributed by atoms with Crippen molar-refractivity contribution in [2.45, 2.75) is 19.2 Å². The third kappa shape index (κ3) is 2.88. The molecule has 1 atom stereocenters. The van der Waals surface area contributed by atoms with Crippen LogP contribution in [0, 0.1) is 13.8 Å². The normalized spacial score (nSPS) is 12.3. The standard InChI is InChI=1S/C16H16Cl2O/c1-10-5-4-6-11(2)15(10)16(18)13-9-12(17)7-8-14(13)19-3/h4-9,16H,1-3H3. The van der Waals surface area contributed by atoms with Gasteiger partial charge in [0.05, 0.1) is 12.5 Å². The molecule has 0 saturated carbocycles. The number of ether oxygens (including phenoxy) is 1. The molecule has 2 rings (SSSR count). The van der Waals surface area contributed by atoms with Crippen LogP contribution >= 0.6 is 23.2 Å². The number of alkyl halides is 1. The maximum absolute atomic E-state index is 6.66. The molecule has 3 heteroatoms. The van der Waals surface area contributed by atoms with Crippen molar-refractivity contribution < 1.29 is 4.74 Å². The van der Waals surface area contributed by atoms with Crippen molar-refractivity contribution in [2.75, 3.05) is 7.11 Å². The van der Waals surface area contributed by atoms with E-state index in [0.29, 0.717) is 5.02 Å². The maximum atomic E-state index is 6.66. The molecular formula is C16H16Cl2O. The number of benzene rings is 2. The third-order valence-electron chi connectivity index (χ3n) is 3.26. The zero-order valence-electron chi connectivity index (χ0n) is 11.2. The van der Waals surface area contributed by atoms with E-state index in [4.69, 9.17) is 27.9 Å². The number of halogens is 2. The quantitative estimate of drug-likeness (QED) is 0.699. The molecule has 19 heavy (non-hydrogen) atoms. The number of aryl methyl sites for hydroxylation is 2. The molecule has 0 bridgehead atoms. The zero-order chi connectivity index (χ0) is 14.0. The summed E-state index contributed by atoms with van der Waals surface area (Å²) in [5.74, 6) is 0.757. The highest BCUT2D eigenvalue weighted by atomic mass is 35.5. The first-order valence-corrected chi connectivity index (χ1v) is 6.89. The fourth-order valence-corrected chi connectivity index (χ4v) is 2.98. The van der Waals surface area contributed by atoms with Crippen LogP contribution in [0.3, 0.4) is 0 Å². The molecule has 100 valence electrons. The summed E-state index contributed by atoms with van der Waals surface area (Å²) in [5, 5.41) is 0.391. The molecule has 0 aromatic heterocycles. The summed E-state index contributed by atoms with van der Waals surface area (Å²) in [6, 6.07) is 11.7. The summed E-state index contributed by atoms with van der Waals surface area (Å²) >= 11 is 12.7. The SMILES string of the molecule is COc1ccc(Cl)cc1C(Cl)c1c(C)cccc1C. The Balaban J connectivity index is 2.55. The van der Waals surface area contributed by atoms with Gasteiger partial charge in [0.2, 0.25) is 0 Å². The van der Waals surface area contributed by atoms with E-state index in [1.807, 2.05) is 18.2 Å². The summed E-state index contributed by atoms with van der Waals surface area (Å²) in [6.45, 7) is 4.13. The van der Waals surface area contributed by atoms with Crippen molar-refractivity contribution in [2.24, 2.45) is 0 Å². The highest BCUT2D eigenvalue weighted by Crippen LogP contribution is 2.39. The van der Waals surface area contributed by atoms with Gasteiger partial charge in [0.1, 0.15) is 5.75 Å². The van der Waals surface area contributed by atoms with E-state index in [-0.39, 0.29) is 5.38 Å². The molecule has 1 unspecified atom stereocenters. The lowest BCUT2D eigenvalue weighted by Crippen LogP contribution is -2.02. The molecule has 0 radical (unpaired) electrons. The smallest absolute Gasteiger partial charge is 0.123 e. The van der Waals surface area contributed by atoms with Crippen LogP contribution in [0.15, 0.2) is 36.4 Å². The molecule has 0 aliphatic rings. The molecule has 0 heterocycles. The fraction of sp³-hybridized carbons (Fsp3) is 0.250. The summed E-state index contributed by atoms with van der Waals surface area (Å²) in [6.07, 6.45) is 0. The van der Waals surface area contributed by atoms with Gasteiger partial charge in [-0.3, -0.25) is 0 Å². The zero-order valence-corrected chi connectivity index (χ0v) is 12.7. The first-order valence-electron chi connectivity index (χ1n) is 6.08. The summed E-state index contributed by atoms with van der Waals surface area (Å²) in [4.78, 5) is 0. The minimum Gasteiger partial charge on any atom is -0.496 e. The van der Waals surface area contributed by atoms with E-state index in [9.17, 15) is 0 Å². The van der Waals surface area contributed by atoms with Gasteiger partial charge in [-0.05, 0) is 48.7 Å². The van der Waals surface area contributed by atoms with Gasteiger partial charge in [-0.1, -0.05) is 29.8 Å². The Hall–Kier alpha value is -1.18. The number of methoxy groups -OCH3 is 1. The Labute approximate surface area is 124 Å². The van der Waals surface area contributed by atoms with Crippen LogP contribution in [0.2, 0.25) is 5.02 Å². The van der Waals surface area contributed by atoms with Crippen molar-refractivity contribution in [3.63, 3.8) is 0 Å². The minimum atomic E-state index is -0.269. The second-order valence-electron chi connectivity index (χ2n) is 4.55. The van der Waals surface area contributed by atoms with Crippen LogP contribution in [-0.2, 0) is 0 Å². The number of hydrogen-bond donors (Lipinski definition) is 0. The molecule has 1 nitrogen and oxygen atoms in total. The molecule has 2 aromatic rings. The largest absolute Gasteiger partial charge is 0.496 e. The molecule has 0 N–H and O–H groups in total. The van der Waals surface area contributed by atoms with E-state index in [2.05, 4.69) is 26.0 Å². The summed E-state index contributed by atoms with van der Waals surface area (Å²) in [5.41, 5.74) is 4.35. The summed E-state index contributed by atoms with van der Waals surface area (Å²) in [7, 11) is 1.64. The van der Waals surface area contributed by atoms with Crippen molar-refractivity contribution in [3.05, 3.63) is 63.7 Å². The van der Waals surface area contributed by atoms with E-state index >= 15 is 0 Å². The summed E-state index contributed by atoms with van der Waals surface area (Å²) < 4.78 is 5.38. The maximum Gasteiger partial charge on any atom is 0.123 e. The van der Waals surface area contributed by atoms with Gasteiger partial charge in [0, 0.05) is 10.6 Å². The average Bonchev–Trinajstić information content (AvgIpc) is 2.38. The average molecular weight is 295 g/mol. The predicted octanol–water partition coefficient (Wildman–Crippen LogP) is 5.29. The van der Waals surface area contributed by atoms with Crippen LogP contribution in [0.5, 0.6) is 5.75 Å². The van der Waals surface area contributed by atoms with Crippen LogP contribution < -0.4 is 4.74 Å². The lowest BCUT2D eigenvalue weighted by Gasteiger charge is -2.18. The molecule has 0 aliphatic heterocycles. The highest BCUT2D eigenvalue weighted by molar-refractivity contribution is 6.31. The second kappa shape index (κ2) is 5.85. The van der Waals surface area contributed by atoms with Crippen LogP contribution in [-0.4, -0.2) is 7.11 Å². The molecular weight excluding hydrogens is 279 g/mol. The van der Waals surface area contributed by atoms with Gasteiger partial charge in [0.25, 0.3) is 0 Å². The van der Waals surface area contributed by atoms with Crippen molar-refractivity contribution >= 4 is 23.2 Å². The fourth-order valence-electron chi connectivity index (χ4n) is 2.29. The molecule has 0 amide bonds. The lowest BCUT2D eigenvalue weighted by molar-refractivity contribution is 0.410. The highest BCUT2D eigenvalue weighted by Gasteiger charge is 2.19. The third-order valence-corrected chi connectivity index (χ3v) is 3.95. The van der Waals surface area contributed by atoms with Gasteiger partial charge in [0.15, 0.2) is 0 Å². The molecule has 0 saturated heterocycles. The Bertz CT molecular complexity index is 573. The van der Waals surface area contributed by atoms with Crippen LogP contribution in [0.25, 0.3) is 0 Å². The van der Waals surface area contributed by atoms with E-state index in [1.54, 1.807) is 13.2 Å². The Morgan fingerprint density at radius 3 is 2.26 bits per heavy atom. The second-order valence-corrected chi connectivity index (χ2v) is 5.43. The van der Waals surface area contributed by atoms with E-state index < -0.39 is 0 Å². The molecule has 0 spiro atoms. The number of rotatable bonds is 3. The topological polar surface area (TPSA) is 9.23 Å². The van der Waals surface area contributed by atoms with Gasteiger partial charge >= 0.3 is 0 Å². The van der Waals surface area contributed by atoms with Crippen molar-refractivity contribution in [1.29, 1.82) is 0 Å². The first-order chi connectivity index (χ1) is 9.04. The number of hydrogen-bond acceptors (Lipinski definition) is 1. The van der Waals surface area contributed by atoms with Crippen molar-refractivity contribution in [1.82, 2.24) is 0 Å². The van der Waals surface area contributed by atoms with Gasteiger partial charge in [-0.25, -0.2) is 0 Å². The monoisotopic (exact) mass is 294 g/mol. The minimum absolute atomic E-state index is 0.269. The van der Waals surface area contributed by atoms with Crippen molar-refractivity contribution in [3.8, 4) is 5.75 Å². The van der Waals surface area contributed by atoms with Crippen LogP contribution in [0.4, 0.5) is 0 Å². The molecule has 0 fully saturated rings. The lowest BCUT2D eigenvalue weighted by atomic mass is 9.95. The Kier molecular flexibility index (Phi) is 4.38. The molecule has 0 aliphatic carbocycles. The van der Waals surface area contributed by atoms with E-state index in [1.165, 1.54) is 11.1 Å². The van der Waals surface area contributed by atoms with E-state index in [0.717, 1.165) is 16.9 Å². The predicted molar refractivity (Wildman–Crippen MR) is 81.6 cm³/mol.